The van der Waals surface area contributed by atoms with Crippen LogP contribution in [0.15, 0.2) is 0 Å². The van der Waals surface area contributed by atoms with Crippen LogP contribution in [-0.2, 0) is 0 Å². The predicted molar refractivity (Wildman–Crippen MR) is 34.1 cm³/mol. The molecule has 0 aromatic carbocycles. The standard InChI is InChI=1S/C4H6N3O2P/c5-1-4(2-6)3-7-10(8)9/h4,7-9H,3H2. The van der Waals surface area contributed by atoms with Crippen LogP contribution >= 0.6 is 8.53 Å². The molecule has 0 saturated carbocycles. The van der Waals surface area contributed by atoms with Gasteiger partial charge in [-0.1, -0.05) is 0 Å². The van der Waals surface area contributed by atoms with Gasteiger partial charge in [0.15, 0.2) is 0 Å². The van der Waals surface area contributed by atoms with Gasteiger partial charge in [-0.15, -0.1) is 0 Å². The van der Waals surface area contributed by atoms with Crippen molar-refractivity contribution in [2.75, 3.05) is 6.54 Å². The number of hydrogen-bond acceptors (Lipinski definition) is 5. The van der Waals surface area contributed by atoms with Crippen LogP contribution in [0.5, 0.6) is 0 Å². The average Bonchev–Trinajstić information content (AvgIpc) is 1.90. The summed E-state index contributed by atoms with van der Waals surface area (Å²) in [5, 5.41) is 18.5. The molecule has 0 radical (unpaired) electrons. The zero-order chi connectivity index (χ0) is 7.98. The first-order valence-electron chi connectivity index (χ1n) is 2.41. The summed E-state index contributed by atoms with van der Waals surface area (Å²) in [5.74, 6) is -0.815. The molecule has 0 bridgehead atoms. The van der Waals surface area contributed by atoms with E-state index in [4.69, 9.17) is 20.3 Å². The smallest absolute Gasteiger partial charge is 0.250 e. The Morgan fingerprint density at radius 1 is 1.40 bits per heavy atom. The van der Waals surface area contributed by atoms with Crippen LogP contribution in [-0.4, -0.2) is 16.3 Å². The molecule has 0 aliphatic rings. The number of nitrogens with zero attached hydrogens (tertiary/aromatic N) is 2. The summed E-state index contributed by atoms with van der Waals surface area (Å²) in [6, 6.07) is 3.34. The SMILES string of the molecule is N#CC(C#N)CNP(O)O. The molecule has 54 valence electrons. The van der Waals surface area contributed by atoms with Gasteiger partial charge in [0.1, 0.15) is 5.92 Å². The van der Waals surface area contributed by atoms with Crippen molar-refractivity contribution in [2.24, 2.45) is 5.92 Å². The molecule has 5 nitrogen and oxygen atoms in total. The molecule has 0 aliphatic heterocycles. The number of rotatable bonds is 3. The van der Waals surface area contributed by atoms with Crippen molar-refractivity contribution in [1.82, 2.24) is 5.09 Å². The second-order valence-electron chi connectivity index (χ2n) is 1.46. The highest BCUT2D eigenvalue weighted by atomic mass is 31.2. The Morgan fingerprint density at radius 3 is 2.20 bits per heavy atom. The normalized spacial score (nSPS) is 9.40. The molecule has 0 fully saturated rings. The fourth-order valence-electron chi connectivity index (χ4n) is 0.293. The summed E-state index contributed by atoms with van der Waals surface area (Å²) in [7, 11) is -2.20. The molecule has 0 saturated heterocycles. The first kappa shape index (κ1) is 9.29. The van der Waals surface area contributed by atoms with Gasteiger partial charge in [-0.3, -0.25) is 0 Å². The van der Waals surface area contributed by atoms with Crippen LogP contribution < -0.4 is 5.09 Å². The molecule has 0 aliphatic carbocycles. The second kappa shape index (κ2) is 5.10. The number of nitrogens with one attached hydrogen (secondary N) is 1. The van der Waals surface area contributed by atoms with Gasteiger partial charge >= 0.3 is 0 Å². The minimum Gasteiger partial charge on any atom is -0.338 e. The van der Waals surface area contributed by atoms with Crippen LogP contribution in [0.4, 0.5) is 0 Å². The molecular formula is C4H6N3O2P. The van der Waals surface area contributed by atoms with Gasteiger partial charge in [-0.05, 0) is 0 Å². The van der Waals surface area contributed by atoms with Crippen molar-refractivity contribution < 1.29 is 9.79 Å². The van der Waals surface area contributed by atoms with E-state index >= 15 is 0 Å². The Labute approximate surface area is 59.5 Å². The van der Waals surface area contributed by atoms with Crippen LogP contribution in [0.3, 0.4) is 0 Å². The van der Waals surface area contributed by atoms with Gasteiger partial charge in [0.2, 0.25) is 8.53 Å². The van der Waals surface area contributed by atoms with Gasteiger partial charge < -0.3 is 9.79 Å². The molecule has 3 N–H and O–H groups in total. The number of hydrogen-bond donors (Lipinski definition) is 3. The van der Waals surface area contributed by atoms with Crippen molar-refractivity contribution in [1.29, 1.82) is 10.5 Å². The molecular weight excluding hydrogens is 153 g/mol. The molecule has 0 spiro atoms. The van der Waals surface area contributed by atoms with E-state index in [9.17, 15) is 0 Å². The summed E-state index contributed by atoms with van der Waals surface area (Å²) in [6.07, 6.45) is 0. The molecule has 0 aromatic heterocycles. The Kier molecular flexibility index (Phi) is 4.74. The van der Waals surface area contributed by atoms with E-state index in [1.165, 1.54) is 0 Å². The first-order valence-corrected chi connectivity index (χ1v) is 3.66. The lowest BCUT2D eigenvalue weighted by molar-refractivity contribution is 0.463. The maximum atomic E-state index is 8.28. The van der Waals surface area contributed by atoms with Crippen molar-refractivity contribution in [2.45, 2.75) is 0 Å². The number of nitriles is 2. The first-order chi connectivity index (χ1) is 4.70. The van der Waals surface area contributed by atoms with E-state index < -0.39 is 14.4 Å². The third-order valence-corrected chi connectivity index (χ3v) is 1.21. The second-order valence-corrected chi connectivity index (χ2v) is 2.36. The van der Waals surface area contributed by atoms with Crippen LogP contribution in [0.2, 0.25) is 0 Å². The Balaban J connectivity index is 3.51. The van der Waals surface area contributed by atoms with E-state index in [0.717, 1.165) is 0 Å². The molecule has 0 unspecified atom stereocenters. The minimum absolute atomic E-state index is 0.00823. The lowest BCUT2D eigenvalue weighted by Crippen LogP contribution is -2.15. The van der Waals surface area contributed by atoms with Gasteiger partial charge in [-0.2, -0.15) is 10.5 Å². The maximum absolute atomic E-state index is 8.28. The van der Waals surface area contributed by atoms with Crippen molar-refractivity contribution in [3.63, 3.8) is 0 Å². The average molecular weight is 159 g/mol. The molecule has 6 heteroatoms. The fraction of sp³-hybridized carbons (Fsp3) is 0.500. The summed E-state index contributed by atoms with van der Waals surface area (Å²) < 4.78 is 0. The lowest BCUT2D eigenvalue weighted by Gasteiger charge is -2.02. The van der Waals surface area contributed by atoms with Crippen LogP contribution in [0.25, 0.3) is 0 Å². The van der Waals surface area contributed by atoms with Crippen LogP contribution in [0.1, 0.15) is 0 Å². The summed E-state index contributed by atoms with van der Waals surface area (Å²) in [4.78, 5) is 16.6. The highest BCUT2D eigenvalue weighted by Gasteiger charge is 2.06. The quantitative estimate of drug-likeness (QED) is 0.479. The van der Waals surface area contributed by atoms with Gasteiger partial charge in [0.05, 0.1) is 12.1 Å². The van der Waals surface area contributed by atoms with E-state index in [1.54, 1.807) is 12.1 Å². The highest BCUT2D eigenvalue weighted by molar-refractivity contribution is 7.42. The van der Waals surface area contributed by atoms with E-state index in [0.29, 0.717) is 0 Å². The fourth-order valence-corrected chi connectivity index (χ4v) is 0.639. The Bertz CT molecular complexity index is 156. The van der Waals surface area contributed by atoms with E-state index in [2.05, 4.69) is 5.09 Å². The monoisotopic (exact) mass is 159 g/mol. The topological polar surface area (TPSA) is 100 Å². The van der Waals surface area contributed by atoms with Crippen molar-refractivity contribution in [3.05, 3.63) is 0 Å². The molecule has 0 heterocycles. The summed E-state index contributed by atoms with van der Waals surface area (Å²) >= 11 is 0. The van der Waals surface area contributed by atoms with Gasteiger partial charge in [-0.25, -0.2) is 5.09 Å². The third kappa shape index (κ3) is 4.20. The molecule has 0 amide bonds. The largest absolute Gasteiger partial charge is 0.338 e. The molecule has 10 heavy (non-hydrogen) atoms. The Hall–Kier alpha value is -0.710. The van der Waals surface area contributed by atoms with E-state index in [1.807, 2.05) is 0 Å². The van der Waals surface area contributed by atoms with Gasteiger partial charge in [0.25, 0.3) is 0 Å². The van der Waals surface area contributed by atoms with Gasteiger partial charge in [0, 0.05) is 6.54 Å². The summed E-state index contributed by atoms with van der Waals surface area (Å²) in [5.41, 5.74) is 0. The molecule has 0 rings (SSSR count). The highest BCUT2D eigenvalue weighted by Crippen LogP contribution is 2.15. The predicted octanol–water partition coefficient (Wildman–Crippen LogP) is -0.549. The zero-order valence-corrected chi connectivity index (χ0v) is 5.91. The summed E-state index contributed by atoms with van der Waals surface area (Å²) in [6.45, 7) is -0.00823. The Morgan fingerprint density at radius 2 is 1.90 bits per heavy atom. The molecule has 0 atom stereocenters. The molecule has 0 aromatic rings. The van der Waals surface area contributed by atoms with Crippen molar-refractivity contribution in [3.8, 4) is 12.1 Å². The zero-order valence-electron chi connectivity index (χ0n) is 5.02. The lowest BCUT2D eigenvalue weighted by atomic mass is 10.2. The van der Waals surface area contributed by atoms with Crippen molar-refractivity contribution >= 4 is 8.53 Å². The third-order valence-electron chi connectivity index (χ3n) is 0.749. The maximum Gasteiger partial charge on any atom is 0.250 e. The van der Waals surface area contributed by atoms with Crippen LogP contribution in [0, 0.1) is 28.6 Å². The van der Waals surface area contributed by atoms with E-state index in [-0.39, 0.29) is 6.54 Å². The minimum atomic E-state index is -2.20.